The zero-order valence-corrected chi connectivity index (χ0v) is 12.2. The number of benzene rings is 1. The van der Waals surface area contributed by atoms with Crippen molar-refractivity contribution in [3.05, 3.63) is 34.9 Å². The van der Waals surface area contributed by atoms with Crippen molar-refractivity contribution in [3.63, 3.8) is 0 Å². The first kappa shape index (κ1) is 14.4. The largest absolute Gasteiger partial charge is 0.307 e. The fourth-order valence-corrected chi connectivity index (χ4v) is 2.81. The predicted octanol–water partition coefficient (Wildman–Crippen LogP) is 3.09. The molecule has 0 unspecified atom stereocenters. The molecule has 2 nitrogen and oxygen atoms in total. The van der Waals surface area contributed by atoms with Crippen molar-refractivity contribution in [1.82, 2.24) is 10.2 Å². The van der Waals surface area contributed by atoms with Crippen LogP contribution in [0.2, 0.25) is 5.02 Å². The van der Waals surface area contributed by atoms with Crippen LogP contribution in [0.3, 0.4) is 0 Å². The van der Waals surface area contributed by atoms with Gasteiger partial charge in [-0.15, -0.1) is 6.42 Å². The Morgan fingerprint density at radius 2 is 2.21 bits per heavy atom. The Kier molecular flexibility index (Phi) is 5.27. The van der Waals surface area contributed by atoms with E-state index in [0.29, 0.717) is 12.1 Å². The van der Waals surface area contributed by atoms with Crippen molar-refractivity contribution in [1.29, 1.82) is 0 Å². The lowest BCUT2D eigenvalue weighted by Crippen LogP contribution is -2.43. The van der Waals surface area contributed by atoms with Crippen LogP contribution in [-0.4, -0.2) is 30.6 Å². The van der Waals surface area contributed by atoms with Gasteiger partial charge in [-0.3, -0.25) is 4.90 Å². The number of likely N-dealkylation sites (tertiary alicyclic amines) is 1. The van der Waals surface area contributed by atoms with Crippen LogP contribution in [0.1, 0.15) is 31.4 Å². The van der Waals surface area contributed by atoms with Crippen molar-refractivity contribution in [3.8, 4) is 12.3 Å². The second-order valence-corrected chi connectivity index (χ2v) is 5.63. The first-order valence-corrected chi connectivity index (χ1v) is 7.24. The Bertz CT molecular complexity index is 444. The maximum absolute atomic E-state index is 6.03. The van der Waals surface area contributed by atoms with E-state index in [0.717, 1.165) is 37.5 Å². The quantitative estimate of drug-likeness (QED) is 0.850. The van der Waals surface area contributed by atoms with Gasteiger partial charge in [0.25, 0.3) is 0 Å². The fourth-order valence-electron chi connectivity index (χ4n) is 2.61. The van der Waals surface area contributed by atoms with E-state index in [-0.39, 0.29) is 0 Å². The van der Waals surface area contributed by atoms with Gasteiger partial charge < -0.3 is 5.32 Å². The Hall–Kier alpha value is -1.01. The van der Waals surface area contributed by atoms with E-state index in [1.165, 1.54) is 5.56 Å². The summed E-state index contributed by atoms with van der Waals surface area (Å²) in [5, 5.41) is 4.49. The highest BCUT2D eigenvalue weighted by Crippen LogP contribution is 2.20. The molecule has 1 atom stereocenters. The molecule has 1 fully saturated rings. The molecular weight excluding hydrogens is 256 g/mol. The van der Waals surface area contributed by atoms with Crippen molar-refractivity contribution in [2.45, 2.75) is 31.8 Å². The van der Waals surface area contributed by atoms with Gasteiger partial charge in [-0.25, -0.2) is 0 Å². The molecule has 102 valence electrons. The smallest absolute Gasteiger partial charge is 0.0598 e. The van der Waals surface area contributed by atoms with E-state index in [4.69, 9.17) is 18.0 Å². The maximum Gasteiger partial charge on any atom is 0.0598 e. The van der Waals surface area contributed by atoms with Crippen LogP contribution >= 0.6 is 11.6 Å². The van der Waals surface area contributed by atoms with Gasteiger partial charge in [0.15, 0.2) is 0 Å². The van der Waals surface area contributed by atoms with E-state index >= 15 is 0 Å². The molecule has 0 saturated carbocycles. The van der Waals surface area contributed by atoms with E-state index in [1.807, 2.05) is 18.2 Å². The van der Waals surface area contributed by atoms with Gasteiger partial charge in [0, 0.05) is 30.2 Å². The summed E-state index contributed by atoms with van der Waals surface area (Å²) in [5.74, 6) is 2.72. The third-order valence-corrected chi connectivity index (χ3v) is 3.97. The average molecular weight is 277 g/mol. The molecule has 3 heteroatoms. The summed E-state index contributed by atoms with van der Waals surface area (Å²) in [6.45, 7) is 5.14. The highest BCUT2D eigenvalue weighted by atomic mass is 35.5. The SMILES string of the molecule is C#CCN1CCC(N[C@H](C)c2cccc(Cl)c2)CC1. The third-order valence-electron chi connectivity index (χ3n) is 3.74. The Morgan fingerprint density at radius 1 is 1.47 bits per heavy atom. The van der Waals surface area contributed by atoms with Gasteiger partial charge in [-0.2, -0.15) is 0 Å². The van der Waals surface area contributed by atoms with Crippen LogP contribution in [0.4, 0.5) is 0 Å². The minimum atomic E-state index is 0.336. The summed E-state index contributed by atoms with van der Waals surface area (Å²) >= 11 is 6.03. The lowest BCUT2D eigenvalue weighted by molar-refractivity contribution is 0.211. The number of nitrogens with one attached hydrogen (secondary N) is 1. The molecule has 1 aromatic carbocycles. The van der Waals surface area contributed by atoms with Crippen molar-refractivity contribution < 1.29 is 0 Å². The molecule has 2 rings (SSSR count). The van der Waals surface area contributed by atoms with Crippen molar-refractivity contribution >= 4 is 11.6 Å². The van der Waals surface area contributed by atoms with E-state index < -0.39 is 0 Å². The lowest BCUT2D eigenvalue weighted by Gasteiger charge is -2.33. The topological polar surface area (TPSA) is 15.3 Å². The van der Waals surface area contributed by atoms with E-state index in [9.17, 15) is 0 Å². The predicted molar refractivity (Wildman–Crippen MR) is 81.3 cm³/mol. The highest BCUT2D eigenvalue weighted by molar-refractivity contribution is 6.30. The van der Waals surface area contributed by atoms with Gasteiger partial charge in [0.05, 0.1) is 6.54 Å². The average Bonchev–Trinajstić information content (AvgIpc) is 2.41. The highest BCUT2D eigenvalue weighted by Gasteiger charge is 2.20. The zero-order chi connectivity index (χ0) is 13.7. The molecule has 0 aromatic heterocycles. The zero-order valence-electron chi connectivity index (χ0n) is 11.4. The van der Waals surface area contributed by atoms with E-state index in [1.54, 1.807) is 0 Å². The minimum absolute atomic E-state index is 0.336. The lowest BCUT2D eigenvalue weighted by atomic mass is 10.0. The molecule has 0 aliphatic carbocycles. The summed E-state index contributed by atoms with van der Waals surface area (Å²) < 4.78 is 0. The van der Waals surface area contributed by atoms with Crippen LogP contribution in [-0.2, 0) is 0 Å². The molecule has 1 N–H and O–H groups in total. The molecule has 1 aromatic rings. The van der Waals surface area contributed by atoms with Gasteiger partial charge >= 0.3 is 0 Å². The number of hydrogen-bond acceptors (Lipinski definition) is 2. The maximum atomic E-state index is 6.03. The van der Waals surface area contributed by atoms with Gasteiger partial charge in [-0.1, -0.05) is 29.7 Å². The van der Waals surface area contributed by atoms with Crippen LogP contribution < -0.4 is 5.32 Å². The van der Waals surface area contributed by atoms with Crippen molar-refractivity contribution in [2.75, 3.05) is 19.6 Å². The number of nitrogens with zero attached hydrogens (tertiary/aromatic N) is 1. The molecule has 0 radical (unpaired) electrons. The number of halogens is 1. The van der Waals surface area contributed by atoms with Crippen LogP contribution in [0.15, 0.2) is 24.3 Å². The molecule has 0 bridgehead atoms. The number of terminal acetylenes is 1. The number of hydrogen-bond donors (Lipinski definition) is 1. The molecule has 0 spiro atoms. The second-order valence-electron chi connectivity index (χ2n) is 5.20. The molecule has 1 saturated heterocycles. The van der Waals surface area contributed by atoms with Gasteiger partial charge in [0.1, 0.15) is 0 Å². The molecule has 0 amide bonds. The minimum Gasteiger partial charge on any atom is -0.307 e. The molecule has 19 heavy (non-hydrogen) atoms. The van der Waals surface area contributed by atoms with Gasteiger partial charge in [0.2, 0.25) is 0 Å². The summed E-state index contributed by atoms with van der Waals surface area (Å²) in [5.41, 5.74) is 1.25. The Balaban J connectivity index is 1.84. The first-order valence-electron chi connectivity index (χ1n) is 6.86. The summed E-state index contributed by atoms with van der Waals surface area (Å²) in [4.78, 5) is 2.34. The Labute approximate surface area is 121 Å². The number of piperidine rings is 1. The first-order chi connectivity index (χ1) is 9.19. The summed E-state index contributed by atoms with van der Waals surface area (Å²) in [7, 11) is 0. The van der Waals surface area contributed by atoms with E-state index in [2.05, 4.69) is 29.1 Å². The normalized spacial score (nSPS) is 19.0. The van der Waals surface area contributed by atoms with Crippen molar-refractivity contribution in [2.24, 2.45) is 0 Å². The summed E-state index contributed by atoms with van der Waals surface area (Å²) in [6.07, 6.45) is 7.66. The summed E-state index contributed by atoms with van der Waals surface area (Å²) in [6, 6.07) is 8.98. The molecule has 1 aliphatic heterocycles. The van der Waals surface area contributed by atoms with Crippen LogP contribution in [0.5, 0.6) is 0 Å². The number of rotatable bonds is 4. The third kappa shape index (κ3) is 4.24. The standard InChI is InChI=1S/C16H21ClN2/c1-3-9-19-10-7-16(8-11-19)18-13(2)14-5-4-6-15(17)12-14/h1,4-6,12-13,16,18H,7-11H2,2H3/t13-/m1/s1. The molecular formula is C16H21ClN2. The molecule has 1 heterocycles. The Morgan fingerprint density at radius 3 is 2.84 bits per heavy atom. The second kappa shape index (κ2) is 6.96. The molecule has 1 aliphatic rings. The monoisotopic (exact) mass is 276 g/mol. The van der Waals surface area contributed by atoms with Crippen LogP contribution in [0, 0.1) is 12.3 Å². The van der Waals surface area contributed by atoms with Crippen LogP contribution in [0.25, 0.3) is 0 Å². The fraction of sp³-hybridized carbons (Fsp3) is 0.500. The van der Waals surface area contributed by atoms with Gasteiger partial charge in [-0.05, 0) is 37.5 Å².